The molecule has 3 rings (SSSR count). The standard InChI is InChI=1S/C17H25N3O/c1-14-6-2-3-8-16(14)19-10-12-20(13-11-19)17(21)15-7-4-5-9-18-15/h2-3,6,8,15,18H,4-5,7,9-13H2,1H3/t15-/m1/s1. The molecule has 0 unspecified atom stereocenters. The van der Waals surface area contributed by atoms with Gasteiger partial charge >= 0.3 is 0 Å². The maximum absolute atomic E-state index is 12.5. The SMILES string of the molecule is Cc1ccccc1N1CCN(C(=O)[C@H]2CCCCN2)CC1. The van der Waals surface area contributed by atoms with E-state index in [1.165, 1.54) is 24.1 Å². The van der Waals surface area contributed by atoms with E-state index in [2.05, 4.69) is 41.4 Å². The van der Waals surface area contributed by atoms with Crippen molar-refractivity contribution < 1.29 is 4.79 Å². The minimum Gasteiger partial charge on any atom is -0.368 e. The lowest BCUT2D eigenvalue weighted by molar-refractivity contribution is -0.134. The largest absolute Gasteiger partial charge is 0.368 e. The molecule has 2 aliphatic rings. The fourth-order valence-corrected chi connectivity index (χ4v) is 3.37. The molecule has 1 aromatic carbocycles. The Morgan fingerprint density at radius 1 is 1.14 bits per heavy atom. The number of nitrogens with one attached hydrogen (secondary N) is 1. The molecular formula is C17H25N3O. The molecular weight excluding hydrogens is 262 g/mol. The Bertz CT molecular complexity index is 489. The van der Waals surface area contributed by atoms with Crippen molar-refractivity contribution in [3.63, 3.8) is 0 Å². The summed E-state index contributed by atoms with van der Waals surface area (Å²) in [4.78, 5) is 16.9. The van der Waals surface area contributed by atoms with Crippen molar-refractivity contribution in [3.8, 4) is 0 Å². The van der Waals surface area contributed by atoms with E-state index in [-0.39, 0.29) is 6.04 Å². The van der Waals surface area contributed by atoms with Gasteiger partial charge in [-0.05, 0) is 37.9 Å². The lowest BCUT2D eigenvalue weighted by Gasteiger charge is -2.38. The Morgan fingerprint density at radius 2 is 1.90 bits per heavy atom. The van der Waals surface area contributed by atoms with Crippen LogP contribution in [-0.2, 0) is 4.79 Å². The Balaban J connectivity index is 1.57. The van der Waals surface area contributed by atoms with Gasteiger partial charge in [0.1, 0.15) is 0 Å². The first kappa shape index (κ1) is 14.4. The molecule has 0 spiro atoms. The van der Waals surface area contributed by atoms with E-state index >= 15 is 0 Å². The van der Waals surface area contributed by atoms with E-state index in [0.29, 0.717) is 5.91 Å². The van der Waals surface area contributed by atoms with E-state index < -0.39 is 0 Å². The molecule has 0 bridgehead atoms. The summed E-state index contributed by atoms with van der Waals surface area (Å²) in [7, 11) is 0. The lowest BCUT2D eigenvalue weighted by Crippen LogP contribution is -2.55. The minimum atomic E-state index is 0.0590. The zero-order valence-electron chi connectivity index (χ0n) is 12.8. The predicted molar refractivity (Wildman–Crippen MR) is 85.6 cm³/mol. The number of anilines is 1. The van der Waals surface area contributed by atoms with Gasteiger partial charge in [-0.2, -0.15) is 0 Å². The van der Waals surface area contributed by atoms with Crippen molar-refractivity contribution in [2.45, 2.75) is 32.2 Å². The summed E-state index contributed by atoms with van der Waals surface area (Å²) in [6.07, 6.45) is 3.37. The van der Waals surface area contributed by atoms with Crippen LogP contribution in [0.15, 0.2) is 24.3 Å². The third-order valence-electron chi connectivity index (χ3n) is 4.66. The minimum absolute atomic E-state index is 0.0590. The third kappa shape index (κ3) is 3.21. The number of para-hydroxylation sites is 1. The number of hydrogen-bond donors (Lipinski definition) is 1. The summed E-state index contributed by atoms with van der Waals surface area (Å²) in [6, 6.07) is 8.55. The quantitative estimate of drug-likeness (QED) is 0.901. The van der Waals surface area contributed by atoms with Crippen LogP contribution in [0.3, 0.4) is 0 Å². The maximum Gasteiger partial charge on any atom is 0.239 e. The number of nitrogens with zero attached hydrogens (tertiary/aromatic N) is 2. The van der Waals surface area contributed by atoms with Crippen LogP contribution in [0, 0.1) is 6.92 Å². The predicted octanol–water partition coefficient (Wildman–Crippen LogP) is 1.79. The molecule has 2 heterocycles. The molecule has 21 heavy (non-hydrogen) atoms. The summed E-state index contributed by atoms with van der Waals surface area (Å²) in [5.74, 6) is 0.305. The number of carbonyl (C=O) groups excluding carboxylic acids is 1. The van der Waals surface area contributed by atoms with E-state index in [0.717, 1.165) is 39.1 Å². The van der Waals surface area contributed by atoms with Crippen LogP contribution >= 0.6 is 0 Å². The maximum atomic E-state index is 12.5. The second-order valence-corrected chi connectivity index (χ2v) is 6.10. The van der Waals surface area contributed by atoms with Crippen molar-refractivity contribution in [1.82, 2.24) is 10.2 Å². The molecule has 0 aromatic heterocycles. The van der Waals surface area contributed by atoms with E-state index in [4.69, 9.17) is 0 Å². The second kappa shape index (κ2) is 6.48. The number of hydrogen-bond acceptors (Lipinski definition) is 3. The van der Waals surface area contributed by atoms with Crippen molar-refractivity contribution in [3.05, 3.63) is 29.8 Å². The van der Waals surface area contributed by atoms with Gasteiger partial charge in [0, 0.05) is 31.9 Å². The van der Waals surface area contributed by atoms with Crippen LogP contribution in [0.25, 0.3) is 0 Å². The van der Waals surface area contributed by atoms with Gasteiger partial charge in [0.05, 0.1) is 6.04 Å². The van der Waals surface area contributed by atoms with E-state index in [1.54, 1.807) is 0 Å². The summed E-state index contributed by atoms with van der Waals surface area (Å²) in [6.45, 7) is 6.68. The Kier molecular flexibility index (Phi) is 4.44. The zero-order chi connectivity index (χ0) is 14.7. The highest BCUT2D eigenvalue weighted by atomic mass is 16.2. The average molecular weight is 287 g/mol. The Hall–Kier alpha value is -1.55. The third-order valence-corrected chi connectivity index (χ3v) is 4.66. The molecule has 114 valence electrons. The Morgan fingerprint density at radius 3 is 2.57 bits per heavy atom. The summed E-state index contributed by atoms with van der Waals surface area (Å²) >= 11 is 0. The number of amides is 1. The molecule has 1 atom stereocenters. The number of benzene rings is 1. The first-order valence-electron chi connectivity index (χ1n) is 8.08. The molecule has 0 aliphatic carbocycles. The van der Waals surface area contributed by atoms with Crippen molar-refractivity contribution >= 4 is 11.6 Å². The molecule has 2 aliphatic heterocycles. The second-order valence-electron chi connectivity index (χ2n) is 6.10. The van der Waals surface area contributed by atoms with Gasteiger partial charge in [-0.25, -0.2) is 0 Å². The van der Waals surface area contributed by atoms with E-state index in [1.807, 2.05) is 4.90 Å². The number of rotatable bonds is 2. The normalized spacial score (nSPS) is 23.2. The summed E-state index contributed by atoms with van der Waals surface area (Å²) in [5.41, 5.74) is 2.62. The van der Waals surface area contributed by atoms with Crippen LogP contribution in [0.2, 0.25) is 0 Å². The first-order valence-corrected chi connectivity index (χ1v) is 8.08. The van der Waals surface area contributed by atoms with Crippen molar-refractivity contribution in [2.75, 3.05) is 37.6 Å². The fourth-order valence-electron chi connectivity index (χ4n) is 3.37. The topological polar surface area (TPSA) is 35.6 Å². The fraction of sp³-hybridized carbons (Fsp3) is 0.588. The molecule has 1 aromatic rings. The van der Waals surface area contributed by atoms with Crippen LogP contribution in [-0.4, -0.2) is 49.6 Å². The highest BCUT2D eigenvalue weighted by Crippen LogP contribution is 2.21. The molecule has 4 heteroatoms. The lowest BCUT2D eigenvalue weighted by atomic mass is 10.0. The highest BCUT2D eigenvalue weighted by Gasteiger charge is 2.28. The number of piperidine rings is 1. The molecule has 1 amide bonds. The molecule has 2 fully saturated rings. The number of carbonyl (C=O) groups is 1. The van der Waals surface area contributed by atoms with Crippen LogP contribution in [0.5, 0.6) is 0 Å². The van der Waals surface area contributed by atoms with Crippen LogP contribution < -0.4 is 10.2 Å². The Labute approximate surface area is 127 Å². The first-order chi connectivity index (χ1) is 10.3. The highest BCUT2D eigenvalue weighted by molar-refractivity contribution is 5.82. The molecule has 0 saturated carbocycles. The van der Waals surface area contributed by atoms with Crippen LogP contribution in [0.4, 0.5) is 5.69 Å². The van der Waals surface area contributed by atoms with Gasteiger partial charge in [-0.3, -0.25) is 4.79 Å². The monoisotopic (exact) mass is 287 g/mol. The van der Waals surface area contributed by atoms with Gasteiger partial charge in [0.25, 0.3) is 0 Å². The van der Waals surface area contributed by atoms with Gasteiger partial charge in [-0.15, -0.1) is 0 Å². The van der Waals surface area contributed by atoms with Gasteiger partial charge < -0.3 is 15.1 Å². The van der Waals surface area contributed by atoms with Crippen molar-refractivity contribution in [1.29, 1.82) is 0 Å². The van der Waals surface area contributed by atoms with Crippen molar-refractivity contribution in [2.24, 2.45) is 0 Å². The smallest absolute Gasteiger partial charge is 0.239 e. The van der Waals surface area contributed by atoms with E-state index in [9.17, 15) is 4.79 Å². The van der Waals surface area contributed by atoms with Gasteiger partial charge in [-0.1, -0.05) is 24.6 Å². The van der Waals surface area contributed by atoms with Gasteiger partial charge in [0.15, 0.2) is 0 Å². The summed E-state index contributed by atoms with van der Waals surface area (Å²) in [5, 5.41) is 3.36. The average Bonchev–Trinajstić information content (AvgIpc) is 2.56. The van der Waals surface area contributed by atoms with Crippen LogP contribution in [0.1, 0.15) is 24.8 Å². The van der Waals surface area contributed by atoms with Gasteiger partial charge in [0.2, 0.25) is 5.91 Å². The summed E-state index contributed by atoms with van der Waals surface area (Å²) < 4.78 is 0. The molecule has 2 saturated heterocycles. The molecule has 1 N–H and O–H groups in total. The number of aryl methyl sites for hydroxylation is 1. The molecule has 0 radical (unpaired) electrons. The molecule has 4 nitrogen and oxygen atoms in total. The zero-order valence-corrected chi connectivity index (χ0v) is 12.8. The number of piperazine rings is 1.